The average Bonchev–Trinajstić information content (AvgIpc) is 2.74. The van der Waals surface area contributed by atoms with Crippen LogP contribution >= 0.6 is 0 Å². The first-order valence-electron chi connectivity index (χ1n) is 8.93. The molecule has 6 heteroatoms. The number of amides is 1. The van der Waals surface area contributed by atoms with Gasteiger partial charge in [0.25, 0.3) is 0 Å². The highest BCUT2D eigenvalue weighted by molar-refractivity contribution is 5.87. The van der Waals surface area contributed by atoms with E-state index in [0.717, 1.165) is 11.1 Å². The Hall–Kier alpha value is -3.33. The van der Waals surface area contributed by atoms with Gasteiger partial charge < -0.3 is 14.4 Å². The van der Waals surface area contributed by atoms with E-state index in [-0.39, 0.29) is 12.5 Å². The molecule has 1 amide bonds. The number of ether oxygens (including phenoxy) is 2. The molecule has 1 aliphatic rings. The molecule has 2 atom stereocenters. The molecule has 28 heavy (non-hydrogen) atoms. The second-order valence-electron chi connectivity index (χ2n) is 6.48. The van der Waals surface area contributed by atoms with E-state index in [9.17, 15) is 9.18 Å². The van der Waals surface area contributed by atoms with Crippen LogP contribution in [0.4, 0.5) is 10.1 Å². The fourth-order valence-electron chi connectivity index (χ4n) is 3.27. The van der Waals surface area contributed by atoms with Crippen LogP contribution in [0.1, 0.15) is 6.42 Å². The molecule has 5 nitrogen and oxygen atoms in total. The molecular weight excluding hydrogens is 359 g/mol. The van der Waals surface area contributed by atoms with Gasteiger partial charge in [0.15, 0.2) is 11.9 Å². The summed E-state index contributed by atoms with van der Waals surface area (Å²) in [7, 11) is 1.58. The summed E-state index contributed by atoms with van der Waals surface area (Å²) in [6.45, 7) is 11.2. The second kappa shape index (κ2) is 8.57. The first-order chi connectivity index (χ1) is 13.5. The summed E-state index contributed by atoms with van der Waals surface area (Å²) in [5.74, 6) is 0.815. The van der Waals surface area contributed by atoms with E-state index in [1.807, 2.05) is 24.3 Å². The van der Waals surface area contributed by atoms with Crippen molar-refractivity contribution in [2.45, 2.75) is 18.7 Å². The lowest BCUT2D eigenvalue weighted by atomic mass is 10.0. The normalized spacial score (nSPS) is 18.8. The van der Waals surface area contributed by atoms with E-state index in [2.05, 4.69) is 11.4 Å². The van der Waals surface area contributed by atoms with Crippen LogP contribution in [0.25, 0.3) is 16.0 Å². The number of likely N-dealkylation sites (tertiary alicyclic amines) is 1. The van der Waals surface area contributed by atoms with Gasteiger partial charge in [-0.15, -0.1) is 0 Å². The van der Waals surface area contributed by atoms with Gasteiger partial charge in [0.2, 0.25) is 5.91 Å². The zero-order valence-corrected chi connectivity index (χ0v) is 15.6. The Morgan fingerprint density at radius 3 is 2.82 bits per heavy atom. The minimum absolute atomic E-state index is 0.0304. The molecule has 1 heterocycles. The standard InChI is InChI=1S/C22H21FN2O3/c1-4-22(26)25-10-9-21(19(23)14-25)28-17-12-15(11-16(13-17)24-2)18-7-5-6-8-20(18)27-3/h4-8,11-13,19,21H,1,9-10,14H2,3H3/t19-,21+/m0/s1. The number of piperidine rings is 1. The van der Waals surface area contributed by atoms with E-state index >= 15 is 0 Å². The van der Waals surface area contributed by atoms with E-state index in [1.54, 1.807) is 25.3 Å². The number of carbonyl (C=O) groups is 1. The highest BCUT2D eigenvalue weighted by Gasteiger charge is 2.32. The lowest BCUT2D eigenvalue weighted by Crippen LogP contribution is -2.48. The molecule has 2 aromatic carbocycles. The van der Waals surface area contributed by atoms with Gasteiger partial charge in [-0.05, 0) is 35.9 Å². The zero-order chi connectivity index (χ0) is 20.1. The van der Waals surface area contributed by atoms with Crippen molar-refractivity contribution in [2.24, 2.45) is 0 Å². The Kier molecular flexibility index (Phi) is 5.95. The topological polar surface area (TPSA) is 43.1 Å². The van der Waals surface area contributed by atoms with Gasteiger partial charge in [-0.25, -0.2) is 9.24 Å². The molecule has 0 aliphatic carbocycles. The third-order valence-electron chi connectivity index (χ3n) is 4.69. The van der Waals surface area contributed by atoms with Crippen LogP contribution in [-0.4, -0.2) is 43.3 Å². The molecule has 0 unspecified atom stereocenters. The summed E-state index contributed by atoms with van der Waals surface area (Å²) in [4.78, 5) is 16.6. The van der Waals surface area contributed by atoms with E-state index in [0.29, 0.717) is 30.2 Å². The van der Waals surface area contributed by atoms with Crippen LogP contribution in [0.5, 0.6) is 11.5 Å². The Morgan fingerprint density at radius 2 is 2.14 bits per heavy atom. The minimum atomic E-state index is -1.32. The number of nitrogens with zero attached hydrogens (tertiary/aromatic N) is 2. The quantitative estimate of drug-likeness (QED) is 0.570. The monoisotopic (exact) mass is 380 g/mol. The molecule has 0 saturated carbocycles. The van der Waals surface area contributed by atoms with Crippen molar-refractivity contribution in [2.75, 3.05) is 20.2 Å². The predicted octanol–water partition coefficient (Wildman–Crippen LogP) is 4.42. The largest absolute Gasteiger partial charge is 0.496 e. The van der Waals surface area contributed by atoms with Crippen molar-refractivity contribution in [1.82, 2.24) is 4.90 Å². The van der Waals surface area contributed by atoms with Crippen molar-refractivity contribution in [3.63, 3.8) is 0 Å². The average molecular weight is 380 g/mol. The number of methoxy groups -OCH3 is 1. The van der Waals surface area contributed by atoms with Gasteiger partial charge >= 0.3 is 0 Å². The number of hydrogen-bond donors (Lipinski definition) is 0. The van der Waals surface area contributed by atoms with Gasteiger partial charge in [-0.2, -0.15) is 0 Å². The summed E-state index contributed by atoms with van der Waals surface area (Å²) in [6.07, 6.45) is -0.441. The van der Waals surface area contributed by atoms with Crippen LogP contribution in [0.2, 0.25) is 0 Å². The van der Waals surface area contributed by atoms with E-state index in [1.165, 1.54) is 11.0 Å². The van der Waals surface area contributed by atoms with Gasteiger partial charge in [-0.3, -0.25) is 4.79 Å². The number of benzene rings is 2. The van der Waals surface area contributed by atoms with Crippen molar-refractivity contribution < 1.29 is 18.7 Å². The molecule has 3 rings (SSSR count). The maximum atomic E-state index is 14.6. The Labute approximate surface area is 163 Å². The van der Waals surface area contributed by atoms with Gasteiger partial charge in [0, 0.05) is 18.5 Å². The predicted molar refractivity (Wildman–Crippen MR) is 105 cm³/mol. The Morgan fingerprint density at radius 1 is 1.36 bits per heavy atom. The molecular formula is C22H21FN2O3. The first-order valence-corrected chi connectivity index (χ1v) is 8.93. The SMILES string of the molecule is [C-]#[N+]c1cc(O[C@@H]2CCN(C(=O)C=C)C[C@@H]2F)cc(-c2ccccc2OC)c1. The second-order valence-corrected chi connectivity index (χ2v) is 6.48. The number of alkyl halides is 1. The van der Waals surface area contributed by atoms with E-state index < -0.39 is 12.3 Å². The molecule has 0 spiro atoms. The summed E-state index contributed by atoms with van der Waals surface area (Å²) in [5.41, 5.74) is 1.98. The van der Waals surface area contributed by atoms with Crippen LogP contribution in [-0.2, 0) is 4.79 Å². The highest BCUT2D eigenvalue weighted by atomic mass is 19.1. The van der Waals surface area contributed by atoms with Gasteiger partial charge in [-0.1, -0.05) is 24.8 Å². The van der Waals surface area contributed by atoms with Crippen molar-refractivity contribution in [1.29, 1.82) is 0 Å². The fourth-order valence-corrected chi connectivity index (χ4v) is 3.27. The lowest BCUT2D eigenvalue weighted by Gasteiger charge is -2.34. The smallest absolute Gasteiger partial charge is 0.246 e. The van der Waals surface area contributed by atoms with E-state index in [4.69, 9.17) is 16.0 Å². The molecule has 1 fully saturated rings. The van der Waals surface area contributed by atoms with Crippen LogP contribution in [0, 0.1) is 6.57 Å². The Balaban J connectivity index is 1.84. The highest BCUT2D eigenvalue weighted by Crippen LogP contribution is 2.36. The fraction of sp³-hybridized carbons (Fsp3) is 0.273. The number of halogens is 1. The molecule has 0 N–H and O–H groups in total. The molecule has 0 aromatic heterocycles. The molecule has 1 aliphatic heterocycles. The van der Waals surface area contributed by atoms with Crippen LogP contribution in [0.3, 0.4) is 0 Å². The molecule has 144 valence electrons. The third kappa shape index (κ3) is 4.15. The molecule has 0 bridgehead atoms. The number of para-hydroxylation sites is 1. The maximum Gasteiger partial charge on any atom is 0.246 e. The lowest BCUT2D eigenvalue weighted by molar-refractivity contribution is -0.129. The summed E-state index contributed by atoms with van der Waals surface area (Å²) in [5, 5.41) is 0. The van der Waals surface area contributed by atoms with Gasteiger partial charge in [0.1, 0.15) is 17.6 Å². The minimum Gasteiger partial charge on any atom is -0.496 e. The molecule has 0 radical (unpaired) electrons. The molecule has 2 aromatic rings. The summed E-state index contributed by atoms with van der Waals surface area (Å²) < 4.78 is 25.9. The summed E-state index contributed by atoms with van der Waals surface area (Å²) in [6, 6.07) is 12.6. The molecule has 1 saturated heterocycles. The van der Waals surface area contributed by atoms with Crippen LogP contribution < -0.4 is 9.47 Å². The van der Waals surface area contributed by atoms with Crippen molar-refractivity contribution >= 4 is 11.6 Å². The van der Waals surface area contributed by atoms with Crippen LogP contribution in [0.15, 0.2) is 55.1 Å². The third-order valence-corrected chi connectivity index (χ3v) is 4.69. The number of carbonyl (C=O) groups excluding carboxylic acids is 1. The van der Waals surface area contributed by atoms with Crippen molar-refractivity contribution in [3.8, 4) is 22.6 Å². The Bertz CT molecular complexity index is 922. The zero-order valence-electron chi connectivity index (χ0n) is 15.6. The first kappa shape index (κ1) is 19.4. The summed E-state index contributed by atoms with van der Waals surface area (Å²) >= 11 is 0. The number of hydrogen-bond acceptors (Lipinski definition) is 3. The van der Waals surface area contributed by atoms with Crippen molar-refractivity contribution in [3.05, 3.63) is 66.5 Å². The maximum absolute atomic E-state index is 14.6. The van der Waals surface area contributed by atoms with Gasteiger partial charge in [0.05, 0.1) is 20.2 Å². The number of rotatable bonds is 5.